The van der Waals surface area contributed by atoms with Gasteiger partial charge in [0.15, 0.2) is 0 Å². The molecule has 0 bridgehead atoms. The summed E-state index contributed by atoms with van der Waals surface area (Å²) in [6.07, 6.45) is 0. The van der Waals surface area contributed by atoms with Crippen molar-refractivity contribution in [2.75, 3.05) is 37.6 Å². The summed E-state index contributed by atoms with van der Waals surface area (Å²) in [5.74, 6) is 5.84. The van der Waals surface area contributed by atoms with Crippen LogP contribution in [0.4, 0.5) is 11.9 Å². The number of hydrazine groups is 1. The van der Waals surface area contributed by atoms with Gasteiger partial charge in [-0.2, -0.15) is 15.0 Å². The van der Waals surface area contributed by atoms with Gasteiger partial charge in [-0.05, 0) is 6.92 Å². The molecule has 1 heterocycles. The van der Waals surface area contributed by atoms with Crippen molar-refractivity contribution < 1.29 is 9.47 Å². The molecule has 0 saturated carbocycles. The highest BCUT2D eigenvalue weighted by Crippen LogP contribution is 2.09. The fraction of sp³-hybridized carbons (Fsp3) is 0.625. The van der Waals surface area contributed by atoms with E-state index >= 15 is 0 Å². The summed E-state index contributed by atoms with van der Waals surface area (Å²) in [5.41, 5.74) is 2.33. The second-order valence-electron chi connectivity index (χ2n) is 2.74. The fourth-order valence-electron chi connectivity index (χ4n) is 0.971. The van der Waals surface area contributed by atoms with Crippen LogP contribution in [-0.4, -0.2) is 41.8 Å². The first-order valence-corrected chi connectivity index (χ1v) is 4.88. The third-order valence-electron chi connectivity index (χ3n) is 1.66. The molecule has 4 N–H and O–H groups in total. The maximum atomic E-state index is 5.21. The standard InChI is InChI=1S/C8H16N6O2/c1-3-16-5-4-10-6-11-7(14-9)13-8(12-6)15-2/h3-5,9H2,1-2H3,(H2,10,11,12,13,14). The Balaban J connectivity index is 2.57. The molecule has 8 nitrogen and oxygen atoms in total. The van der Waals surface area contributed by atoms with Crippen LogP contribution in [0.1, 0.15) is 6.92 Å². The molecule has 0 saturated heterocycles. The van der Waals surface area contributed by atoms with Crippen molar-refractivity contribution in [1.82, 2.24) is 15.0 Å². The van der Waals surface area contributed by atoms with Crippen LogP contribution in [0.25, 0.3) is 0 Å². The van der Waals surface area contributed by atoms with Crippen molar-refractivity contribution in [2.24, 2.45) is 5.84 Å². The minimum absolute atomic E-state index is 0.196. The first-order chi connectivity index (χ1) is 7.80. The van der Waals surface area contributed by atoms with Crippen LogP contribution in [0, 0.1) is 0 Å². The summed E-state index contributed by atoms with van der Waals surface area (Å²) in [5, 5.41) is 2.97. The van der Waals surface area contributed by atoms with E-state index in [1.165, 1.54) is 7.11 Å². The molecule has 0 unspecified atom stereocenters. The van der Waals surface area contributed by atoms with Crippen LogP contribution in [0.15, 0.2) is 0 Å². The number of nitrogens with one attached hydrogen (secondary N) is 2. The second-order valence-corrected chi connectivity index (χ2v) is 2.74. The molecule has 0 aromatic carbocycles. The van der Waals surface area contributed by atoms with E-state index in [0.29, 0.717) is 25.7 Å². The Morgan fingerprint density at radius 3 is 2.62 bits per heavy atom. The third kappa shape index (κ3) is 3.83. The molecule has 8 heteroatoms. The Hall–Kier alpha value is -1.67. The lowest BCUT2D eigenvalue weighted by atomic mass is 10.6. The SMILES string of the molecule is CCOCCNc1nc(NN)nc(OC)n1. The van der Waals surface area contributed by atoms with Gasteiger partial charge in [0.2, 0.25) is 11.9 Å². The fourth-order valence-corrected chi connectivity index (χ4v) is 0.971. The van der Waals surface area contributed by atoms with E-state index in [0.717, 1.165) is 0 Å². The van der Waals surface area contributed by atoms with Gasteiger partial charge in [-0.15, -0.1) is 0 Å². The minimum atomic E-state index is 0.196. The number of anilines is 2. The zero-order chi connectivity index (χ0) is 11.8. The quantitative estimate of drug-likeness (QED) is 0.329. The van der Waals surface area contributed by atoms with Crippen LogP contribution in [0.5, 0.6) is 6.01 Å². The van der Waals surface area contributed by atoms with Crippen LogP contribution < -0.4 is 21.3 Å². The highest BCUT2D eigenvalue weighted by Gasteiger charge is 2.04. The molecule has 90 valence electrons. The molecule has 0 atom stereocenters. The molecule has 1 aromatic rings. The number of hydrogen-bond donors (Lipinski definition) is 3. The van der Waals surface area contributed by atoms with Crippen LogP contribution in [0.3, 0.4) is 0 Å². The number of ether oxygens (including phenoxy) is 2. The summed E-state index contributed by atoms with van der Waals surface area (Å²) in [7, 11) is 1.47. The largest absolute Gasteiger partial charge is 0.467 e. The van der Waals surface area contributed by atoms with Crippen molar-refractivity contribution in [2.45, 2.75) is 6.92 Å². The lowest BCUT2D eigenvalue weighted by molar-refractivity contribution is 0.158. The van der Waals surface area contributed by atoms with Gasteiger partial charge in [0.05, 0.1) is 13.7 Å². The number of rotatable bonds is 7. The van der Waals surface area contributed by atoms with E-state index in [4.69, 9.17) is 15.3 Å². The molecule has 0 aliphatic heterocycles. The van der Waals surface area contributed by atoms with Gasteiger partial charge in [-0.1, -0.05) is 0 Å². The second kappa shape index (κ2) is 6.75. The minimum Gasteiger partial charge on any atom is -0.467 e. The summed E-state index contributed by atoms with van der Waals surface area (Å²) in [6.45, 7) is 3.79. The average Bonchev–Trinajstić information content (AvgIpc) is 2.34. The van der Waals surface area contributed by atoms with Crippen molar-refractivity contribution in [3.63, 3.8) is 0 Å². The summed E-state index contributed by atoms with van der Waals surface area (Å²) >= 11 is 0. The molecule has 1 aromatic heterocycles. The number of methoxy groups -OCH3 is 1. The van der Waals surface area contributed by atoms with E-state index in [1.54, 1.807) is 0 Å². The molecule has 0 amide bonds. The number of nitrogen functional groups attached to an aromatic ring is 1. The maximum absolute atomic E-state index is 5.21. The van der Waals surface area contributed by atoms with Crippen molar-refractivity contribution in [3.8, 4) is 6.01 Å². The van der Waals surface area contributed by atoms with Gasteiger partial charge in [0.1, 0.15) is 0 Å². The number of nitrogens with two attached hydrogens (primary N) is 1. The predicted octanol–water partition coefficient (Wildman–Crippen LogP) is -0.386. The highest BCUT2D eigenvalue weighted by molar-refractivity contribution is 5.34. The number of hydrogen-bond acceptors (Lipinski definition) is 8. The lowest BCUT2D eigenvalue weighted by Gasteiger charge is -2.07. The monoisotopic (exact) mass is 228 g/mol. The van der Waals surface area contributed by atoms with Gasteiger partial charge in [0, 0.05) is 13.2 Å². The van der Waals surface area contributed by atoms with Gasteiger partial charge in [0.25, 0.3) is 0 Å². The van der Waals surface area contributed by atoms with Gasteiger partial charge in [-0.3, -0.25) is 5.43 Å². The van der Waals surface area contributed by atoms with Crippen LogP contribution in [0.2, 0.25) is 0 Å². The van der Waals surface area contributed by atoms with Gasteiger partial charge < -0.3 is 14.8 Å². The molecule has 0 aliphatic rings. The normalized spacial score (nSPS) is 9.94. The van der Waals surface area contributed by atoms with Crippen molar-refractivity contribution in [1.29, 1.82) is 0 Å². The Labute approximate surface area is 93.6 Å². The van der Waals surface area contributed by atoms with Gasteiger partial charge >= 0.3 is 6.01 Å². The molecule has 16 heavy (non-hydrogen) atoms. The van der Waals surface area contributed by atoms with E-state index in [1.807, 2.05) is 6.92 Å². The zero-order valence-electron chi connectivity index (χ0n) is 9.36. The summed E-state index contributed by atoms with van der Waals surface area (Å²) in [4.78, 5) is 11.8. The Bertz CT molecular complexity index is 299. The summed E-state index contributed by atoms with van der Waals surface area (Å²) in [6, 6.07) is 0.196. The average molecular weight is 228 g/mol. The first-order valence-electron chi connectivity index (χ1n) is 4.88. The summed E-state index contributed by atoms with van der Waals surface area (Å²) < 4.78 is 10.1. The zero-order valence-corrected chi connectivity index (χ0v) is 9.36. The van der Waals surface area contributed by atoms with Crippen molar-refractivity contribution in [3.05, 3.63) is 0 Å². The van der Waals surface area contributed by atoms with E-state index < -0.39 is 0 Å². The van der Waals surface area contributed by atoms with E-state index in [-0.39, 0.29) is 12.0 Å². The molecule has 1 rings (SSSR count). The molecule has 0 spiro atoms. The molecular weight excluding hydrogens is 212 g/mol. The lowest BCUT2D eigenvalue weighted by Crippen LogP contribution is -2.16. The molecule has 0 aliphatic carbocycles. The smallest absolute Gasteiger partial charge is 0.322 e. The van der Waals surface area contributed by atoms with Crippen LogP contribution in [-0.2, 0) is 4.74 Å². The first kappa shape index (κ1) is 12.4. The Kier molecular flexibility index (Phi) is 5.23. The Morgan fingerprint density at radius 1 is 1.25 bits per heavy atom. The van der Waals surface area contributed by atoms with Crippen LogP contribution >= 0.6 is 0 Å². The van der Waals surface area contributed by atoms with E-state index in [2.05, 4.69) is 25.7 Å². The Morgan fingerprint density at radius 2 is 2.00 bits per heavy atom. The molecular formula is C8H16N6O2. The van der Waals surface area contributed by atoms with Gasteiger partial charge in [-0.25, -0.2) is 5.84 Å². The highest BCUT2D eigenvalue weighted by atomic mass is 16.5. The molecule has 0 fully saturated rings. The third-order valence-corrected chi connectivity index (χ3v) is 1.66. The number of aromatic nitrogens is 3. The number of nitrogens with zero attached hydrogens (tertiary/aromatic N) is 3. The molecule has 0 radical (unpaired) electrons. The van der Waals surface area contributed by atoms with E-state index in [9.17, 15) is 0 Å². The van der Waals surface area contributed by atoms with Crippen molar-refractivity contribution >= 4 is 11.9 Å². The maximum Gasteiger partial charge on any atom is 0.322 e. The topological polar surface area (TPSA) is 107 Å². The predicted molar refractivity (Wildman–Crippen MR) is 59.2 cm³/mol.